The molecule has 6 nitrogen and oxygen atoms in total. The van der Waals surface area contributed by atoms with Crippen molar-refractivity contribution in [3.05, 3.63) is 0 Å². The summed E-state index contributed by atoms with van der Waals surface area (Å²) in [5.41, 5.74) is 0.239. The molecular formula is C20H39N5O. The van der Waals surface area contributed by atoms with Crippen molar-refractivity contribution in [3.8, 4) is 0 Å². The zero-order chi connectivity index (χ0) is 18.4. The van der Waals surface area contributed by atoms with E-state index in [9.17, 15) is 5.11 Å². The van der Waals surface area contributed by atoms with Gasteiger partial charge in [-0.05, 0) is 78.7 Å². The summed E-state index contributed by atoms with van der Waals surface area (Å²) in [6, 6.07) is 0. The molecule has 0 aliphatic carbocycles. The lowest BCUT2D eigenvalue weighted by Crippen LogP contribution is -2.58. The van der Waals surface area contributed by atoms with Crippen LogP contribution >= 0.6 is 0 Å². The van der Waals surface area contributed by atoms with E-state index in [2.05, 4.69) is 34.0 Å². The second-order valence-corrected chi connectivity index (χ2v) is 8.46. The second-order valence-electron chi connectivity index (χ2n) is 8.46. The topological polar surface area (TPSA) is 54.3 Å². The molecule has 0 saturated carbocycles. The minimum atomic E-state index is -0.136. The third-order valence-electron chi connectivity index (χ3n) is 6.57. The molecule has 0 unspecified atom stereocenters. The van der Waals surface area contributed by atoms with Gasteiger partial charge in [0.1, 0.15) is 0 Å². The van der Waals surface area contributed by atoms with Crippen LogP contribution < -0.4 is 5.32 Å². The Kier molecular flexibility index (Phi) is 7.18. The number of guanidine groups is 1. The van der Waals surface area contributed by atoms with Gasteiger partial charge in [-0.25, -0.2) is 0 Å². The molecule has 0 aromatic carbocycles. The van der Waals surface area contributed by atoms with Crippen LogP contribution in [0.1, 0.15) is 51.9 Å². The predicted molar refractivity (Wildman–Crippen MR) is 108 cm³/mol. The van der Waals surface area contributed by atoms with E-state index in [1.807, 2.05) is 0 Å². The van der Waals surface area contributed by atoms with E-state index in [-0.39, 0.29) is 11.6 Å². The SMILES string of the molecule is CCNC(=NCC1(N2CCCCC2)CCN(C)CC1)N1CCC(O)CC1. The Hall–Kier alpha value is -0.850. The van der Waals surface area contributed by atoms with Gasteiger partial charge >= 0.3 is 0 Å². The van der Waals surface area contributed by atoms with Gasteiger partial charge in [0, 0.05) is 25.2 Å². The van der Waals surface area contributed by atoms with Crippen LogP contribution in [-0.2, 0) is 0 Å². The summed E-state index contributed by atoms with van der Waals surface area (Å²) in [5, 5.41) is 13.3. The van der Waals surface area contributed by atoms with Crippen molar-refractivity contribution in [3.63, 3.8) is 0 Å². The molecule has 0 atom stereocenters. The first-order valence-electron chi connectivity index (χ1n) is 10.8. The van der Waals surface area contributed by atoms with Crippen LogP contribution in [-0.4, -0.2) is 96.8 Å². The molecule has 0 bridgehead atoms. The van der Waals surface area contributed by atoms with Gasteiger partial charge in [-0.3, -0.25) is 9.89 Å². The van der Waals surface area contributed by atoms with Crippen molar-refractivity contribution in [1.82, 2.24) is 20.0 Å². The van der Waals surface area contributed by atoms with Gasteiger partial charge in [0.15, 0.2) is 5.96 Å². The molecular weight excluding hydrogens is 326 g/mol. The summed E-state index contributed by atoms with van der Waals surface area (Å²) in [4.78, 5) is 12.7. The van der Waals surface area contributed by atoms with E-state index < -0.39 is 0 Å². The van der Waals surface area contributed by atoms with Gasteiger partial charge in [-0.1, -0.05) is 6.42 Å². The van der Waals surface area contributed by atoms with Gasteiger partial charge < -0.3 is 20.2 Å². The Bertz CT molecular complexity index is 447. The first-order valence-corrected chi connectivity index (χ1v) is 10.8. The molecule has 150 valence electrons. The molecule has 3 rings (SSSR count). The lowest BCUT2D eigenvalue weighted by atomic mass is 9.84. The van der Waals surface area contributed by atoms with Crippen molar-refractivity contribution in [2.45, 2.75) is 63.5 Å². The molecule has 0 aromatic rings. The van der Waals surface area contributed by atoms with Crippen molar-refractivity contribution in [2.75, 3.05) is 59.4 Å². The maximum Gasteiger partial charge on any atom is 0.193 e. The average Bonchev–Trinajstić information content (AvgIpc) is 2.68. The zero-order valence-electron chi connectivity index (χ0n) is 16.9. The number of nitrogens with one attached hydrogen (secondary N) is 1. The number of aliphatic imine (C=N–C) groups is 1. The maximum atomic E-state index is 9.81. The fraction of sp³-hybridized carbons (Fsp3) is 0.950. The summed E-state index contributed by atoms with van der Waals surface area (Å²) in [5.74, 6) is 1.05. The van der Waals surface area contributed by atoms with Gasteiger partial charge in [0.05, 0.1) is 12.6 Å². The molecule has 0 amide bonds. The fourth-order valence-corrected chi connectivity index (χ4v) is 4.70. The van der Waals surface area contributed by atoms with Crippen LogP contribution in [0.15, 0.2) is 4.99 Å². The first-order chi connectivity index (χ1) is 12.6. The average molecular weight is 366 g/mol. The second kappa shape index (κ2) is 9.38. The molecule has 0 spiro atoms. The van der Waals surface area contributed by atoms with Crippen LogP contribution in [0.25, 0.3) is 0 Å². The molecule has 3 saturated heterocycles. The molecule has 2 N–H and O–H groups in total. The Labute approximate surface area is 159 Å². The van der Waals surface area contributed by atoms with E-state index in [4.69, 9.17) is 4.99 Å². The van der Waals surface area contributed by atoms with Gasteiger partial charge in [-0.15, -0.1) is 0 Å². The minimum absolute atomic E-state index is 0.136. The quantitative estimate of drug-likeness (QED) is 0.582. The Balaban J connectivity index is 1.72. The molecule has 3 aliphatic heterocycles. The molecule has 0 aromatic heterocycles. The summed E-state index contributed by atoms with van der Waals surface area (Å²) in [6.07, 6.45) is 8.09. The van der Waals surface area contributed by atoms with Crippen molar-refractivity contribution >= 4 is 5.96 Å². The minimum Gasteiger partial charge on any atom is -0.393 e. The van der Waals surface area contributed by atoms with Crippen LogP contribution in [0, 0.1) is 0 Å². The number of aliphatic hydroxyl groups excluding tert-OH is 1. The van der Waals surface area contributed by atoms with E-state index in [1.165, 1.54) is 58.3 Å². The molecule has 3 fully saturated rings. The van der Waals surface area contributed by atoms with Crippen LogP contribution in [0.2, 0.25) is 0 Å². The highest BCUT2D eigenvalue weighted by molar-refractivity contribution is 5.80. The highest BCUT2D eigenvalue weighted by atomic mass is 16.3. The molecule has 3 heterocycles. The van der Waals surface area contributed by atoms with Gasteiger partial charge in [0.25, 0.3) is 0 Å². The number of hydrogen-bond acceptors (Lipinski definition) is 4. The number of rotatable bonds is 4. The van der Waals surface area contributed by atoms with E-state index >= 15 is 0 Å². The molecule has 0 radical (unpaired) electrons. The molecule has 26 heavy (non-hydrogen) atoms. The van der Waals surface area contributed by atoms with Crippen LogP contribution in [0.5, 0.6) is 0 Å². The summed E-state index contributed by atoms with van der Waals surface area (Å²) in [7, 11) is 2.24. The maximum absolute atomic E-state index is 9.81. The summed E-state index contributed by atoms with van der Waals surface area (Å²) in [6.45, 7) is 10.6. The molecule has 6 heteroatoms. The Morgan fingerprint density at radius 3 is 2.31 bits per heavy atom. The monoisotopic (exact) mass is 365 g/mol. The van der Waals surface area contributed by atoms with E-state index in [0.29, 0.717) is 0 Å². The number of nitrogens with zero attached hydrogens (tertiary/aromatic N) is 4. The zero-order valence-corrected chi connectivity index (χ0v) is 16.9. The van der Waals surface area contributed by atoms with Crippen molar-refractivity contribution in [2.24, 2.45) is 4.99 Å². The van der Waals surface area contributed by atoms with E-state index in [1.54, 1.807) is 0 Å². The fourth-order valence-electron chi connectivity index (χ4n) is 4.70. The summed E-state index contributed by atoms with van der Waals surface area (Å²) >= 11 is 0. The van der Waals surface area contributed by atoms with Crippen LogP contribution in [0.3, 0.4) is 0 Å². The smallest absolute Gasteiger partial charge is 0.193 e. The number of aliphatic hydroxyl groups is 1. The molecule has 3 aliphatic rings. The standard InChI is InChI=1S/C20H39N5O/c1-3-21-19(24-13-7-18(26)8-14-24)22-17-20(9-15-23(2)16-10-20)25-11-5-4-6-12-25/h18,26H,3-17H2,1-2H3,(H,21,22). The van der Waals surface area contributed by atoms with Crippen molar-refractivity contribution in [1.29, 1.82) is 0 Å². The van der Waals surface area contributed by atoms with E-state index in [0.717, 1.165) is 45.0 Å². The largest absolute Gasteiger partial charge is 0.393 e. The van der Waals surface area contributed by atoms with Crippen LogP contribution in [0.4, 0.5) is 0 Å². The number of hydrogen-bond donors (Lipinski definition) is 2. The number of piperidine rings is 3. The van der Waals surface area contributed by atoms with Gasteiger partial charge in [-0.2, -0.15) is 0 Å². The lowest BCUT2D eigenvalue weighted by molar-refractivity contribution is 0.0205. The summed E-state index contributed by atoms with van der Waals surface area (Å²) < 4.78 is 0. The number of likely N-dealkylation sites (tertiary alicyclic amines) is 3. The third-order valence-corrected chi connectivity index (χ3v) is 6.57. The first kappa shape index (κ1) is 19.9. The highest BCUT2D eigenvalue weighted by Crippen LogP contribution is 2.31. The Morgan fingerprint density at radius 1 is 1.04 bits per heavy atom. The lowest BCUT2D eigenvalue weighted by Gasteiger charge is -2.49. The highest BCUT2D eigenvalue weighted by Gasteiger charge is 2.39. The van der Waals surface area contributed by atoms with Crippen molar-refractivity contribution < 1.29 is 5.11 Å². The third kappa shape index (κ3) is 4.90. The Morgan fingerprint density at radius 2 is 1.69 bits per heavy atom. The van der Waals surface area contributed by atoms with Gasteiger partial charge in [0.2, 0.25) is 0 Å². The normalized spacial score (nSPS) is 26.9. The predicted octanol–water partition coefficient (Wildman–Crippen LogP) is 1.36.